The molecule has 118 valence electrons. The van der Waals surface area contributed by atoms with E-state index in [2.05, 4.69) is 5.32 Å². The number of carbonyl (C=O) groups excluding carboxylic acids is 1. The Hall–Kier alpha value is -2.75. The minimum absolute atomic E-state index is 0.0762. The maximum absolute atomic E-state index is 12.6. The first-order chi connectivity index (χ1) is 11.2. The van der Waals surface area contributed by atoms with Crippen LogP contribution in [0.1, 0.15) is 12.5 Å². The Morgan fingerprint density at radius 1 is 1.09 bits per heavy atom. The van der Waals surface area contributed by atoms with Crippen LogP contribution in [-0.2, 0) is 13.6 Å². The van der Waals surface area contributed by atoms with Gasteiger partial charge >= 0.3 is 6.03 Å². The zero-order valence-corrected chi connectivity index (χ0v) is 13.5. The molecule has 3 rings (SSSR count). The summed E-state index contributed by atoms with van der Waals surface area (Å²) in [6.45, 7) is 3.26. The molecule has 4 nitrogen and oxygen atoms in total. The van der Waals surface area contributed by atoms with Gasteiger partial charge in [-0.3, -0.25) is 0 Å². The third-order valence-corrected chi connectivity index (χ3v) is 4.02. The molecule has 0 aliphatic heterocycles. The van der Waals surface area contributed by atoms with Crippen LogP contribution in [0.3, 0.4) is 0 Å². The van der Waals surface area contributed by atoms with Crippen LogP contribution in [0.25, 0.3) is 10.9 Å². The lowest BCUT2D eigenvalue weighted by Gasteiger charge is -2.21. The molecular formula is C19H21N3O. The minimum atomic E-state index is -0.0762. The maximum Gasteiger partial charge on any atom is 0.322 e. The Kier molecular flexibility index (Phi) is 4.33. The molecule has 4 heteroatoms. The second-order valence-corrected chi connectivity index (χ2v) is 5.60. The highest BCUT2D eigenvalue weighted by atomic mass is 16.2. The van der Waals surface area contributed by atoms with Crippen LogP contribution in [0.5, 0.6) is 0 Å². The van der Waals surface area contributed by atoms with E-state index in [4.69, 9.17) is 0 Å². The number of anilines is 1. The first-order valence-electron chi connectivity index (χ1n) is 7.83. The van der Waals surface area contributed by atoms with Gasteiger partial charge < -0.3 is 14.8 Å². The van der Waals surface area contributed by atoms with Gasteiger partial charge in [0.15, 0.2) is 0 Å². The molecule has 0 radical (unpaired) electrons. The SMILES string of the molecule is CCN(Cc1ccccc1)C(=O)Nc1cn(C)c2ccccc12. The van der Waals surface area contributed by atoms with Gasteiger partial charge in [-0.2, -0.15) is 0 Å². The van der Waals surface area contributed by atoms with E-state index in [9.17, 15) is 4.79 Å². The molecule has 0 spiro atoms. The number of nitrogens with zero attached hydrogens (tertiary/aromatic N) is 2. The third kappa shape index (κ3) is 3.21. The van der Waals surface area contributed by atoms with Crippen LogP contribution in [0.15, 0.2) is 60.8 Å². The van der Waals surface area contributed by atoms with Crippen LogP contribution in [0.2, 0.25) is 0 Å². The van der Waals surface area contributed by atoms with E-state index >= 15 is 0 Å². The lowest BCUT2D eigenvalue weighted by molar-refractivity contribution is 0.212. The summed E-state index contributed by atoms with van der Waals surface area (Å²) in [5.74, 6) is 0. The molecule has 2 aromatic carbocycles. The molecule has 0 saturated carbocycles. The highest BCUT2D eigenvalue weighted by Gasteiger charge is 2.14. The molecule has 23 heavy (non-hydrogen) atoms. The second-order valence-electron chi connectivity index (χ2n) is 5.60. The number of para-hydroxylation sites is 1. The van der Waals surface area contributed by atoms with Crippen LogP contribution in [0, 0.1) is 0 Å². The largest absolute Gasteiger partial charge is 0.348 e. The van der Waals surface area contributed by atoms with Crippen molar-refractivity contribution < 1.29 is 4.79 Å². The summed E-state index contributed by atoms with van der Waals surface area (Å²) in [5.41, 5.74) is 3.08. The summed E-state index contributed by atoms with van der Waals surface area (Å²) in [6.07, 6.45) is 1.96. The van der Waals surface area contributed by atoms with E-state index in [0.717, 1.165) is 22.2 Å². The highest BCUT2D eigenvalue weighted by Crippen LogP contribution is 2.25. The molecule has 1 heterocycles. The Bertz CT molecular complexity index is 808. The molecule has 1 N–H and O–H groups in total. The molecule has 0 fully saturated rings. The number of aryl methyl sites for hydroxylation is 1. The first kappa shape index (κ1) is 15.2. The number of fused-ring (bicyclic) bond motifs is 1. The third-order valence-electron chi connectivity index (χ3n) is 4.02. The van der Waals surface area contributed by atoms with E-state index in [1.54, 1.807) is 4.90 Å². The predicted octanol–water partition coefficient (Wildman–Crippen LogP) is 4.23. The van der Waals surface area contributed by atoms with Crippen molar-refractivity contribution >= 4 is 22.6 Å². The van der Waals surface area contributed by atoms with E-state index in [-0.39, 0.29) is 6.03 Å². The number of urea groups is 1. The van der Waals surface area contributed by atoms with Gasteiger partial charge in [0.05, 0.1) is 5.69 Å². The van der Waals surface area contributed by atoms with E-state index < -0.39 is 0 Å². The smallest absolute Gasteiger partial charge is 0.322 e. The maximum atomic E-state index is 12.6. The van der Waals surface area contributed by atoms with Gasteiger partial charge in [-0.25, -0.2) is 4.79 Å². The summed E-state index contributed by atoms with van der Waals surface area (Å²) < 4.78 is 2.03. The summed E-state index contributed by atoms with van der Waals surface area (Å²) in [4.78, 5) is 14.4. The van der Waals surface area contributed by atoms with Crippen molar-refractivity contribution in [3.8, 4) is 0 Å². The molecular weight excluding hydrogens is 286 g/mol. The van der Waals surface area contributed by atoms with Crippen LogP contribution in [-0.4, -0.2) is 22.0 Å². The zero-order valence-electron chi connectivity index (χ0n) is 13.5. The molecule has 0 saturated heterocycles. The zero-order chi connectivity index (χ0) is 16.2. The van der Waals surface area contributed by atoms with Crippen molar-refractivity contribution in [3.05, 3.63) is 66.4 Å². The fourth-order valence-electron chi connectivity index (χ4n) is 2.77. The van der Waals surface area contributed by atoms with Gasteiger partial charge in [-0.1, -0.05) is 48.5 Å². The number of hydrogen-bond acceptors (Lipinski definition) is 1. The lowest BCUT2D eigenvalue weighted by Crippen LogP contribution is -2.34. The molecule has 0 bridgehead atoms. The van der Waals surface area contributed by atoms with Crippen molar-refractivity contribution in [1.29, 1.82) is 0 Å². The summed E-state index contributed by atoms with van der Waals surface area (Å²) >= 11 is 0. The Balaban J connectivity index is 1.79. The van der Waals surface area contributed by atoms with Gasteiger partial charge in [0, 0.05) is 37.2 Å². The van der Waals surface area contributed by atoms with E-state index in [1.165, 1.54) is 0 Å². The van der Waals surface area contributed by atoms with Gasteiger partial charge in [0.25, 0.3) is 0 Å². The fourth-order valence-corrected chi connectivity index (χ4v) is 2.77. The number of nitrogens with one attached hydrogen (secondary N) is 1. The second kappa shape index (κ2) is 6.57. The normalized spacial score (nSPS) is 10.7. The molecule has 2 amide bonds. The number of hydrogen-bond donors (Lipinski definition) is 1. The van der Waals surface area contributed by atoms with Crippen molar-refractivity contribution in [2.75, 3.05) is 11.9 Å². The van der Waals surface area contributed by atoms with Gasteiger partial charge in [0.1, 0.15) is 0 Å². The van der Waals surface area contributed by atoms with Crippen molar-refractivity contribution in [2.45, 2.75) is 13.5 Å². The van der Waals surface area contributed by atoms with Gasteiger partial charge in [-0.15, -0.1) is 0 Å². The van der Waals surface area contributed by atoms with Gasteiger partial charge in [0.2, 0.25) is 0 Å². The summed E-state index contributed by atoms with van der Waals surface area (Å²) in [7, 11) is 1.99. The van der Waals surface area contributed by atoms with E-state index in [0.29, 0.717) is 13.1 Å². The molecule has 0 atom stereocenters. The Morgan fingerprint density at radius 3 is 2.52 bits per heavy atom. The number of rotatable bonds is 4. The average molecular weight is 307 g/mol. The van der Waals surface area contributed by atoms with Crippen LogP contribution < -0.4 is 5.32 Å². The number of carbonyl (C=O) groups is 1. The van der Waals surface area contributed by atoms with Crippen molar-refractivity contribution in [1.82, 2.24) is 9.47 Å². The quantitative estimate of drug-likeness (QED) is 0.769. The molecule has 3 aromatic rings. The number of amides is 2. The Labute approximate surface area is 136 Å². The topological polar surface area (TPSA) is 37.3 Å². The summed E-state index contributed by atoms with van der Waals surface area (Å²) in [6, 6.07) is 18.0. The standard InChI is InChI=1S/C19H21N3O/c1-3-22(13-15-9-5-4-6-10-15)19(23)20-17-14-21(2)18-12-8-7-11-16(17)18/h4-12,14H,3,13H2,1-2H3,(H,20,23). The van der Waals surface area contributed by atoms with E-state index in [1.807, 2.05) is 79.3 Å². The molecule has 0 aliphatic carbocycles. The fraction of sp³-hybridized carbons (Fsp3) is 0.211. The van der Waals surface area contributed by atoms with Crippen LogP contribution in [0.4, 0.5) is 10.5 Å². The highest BCUT2D eigenvalue weighted by molar-refractivity contribution is 6.01. The van der Waals surface area contributed by atoms with Crippen LogP contribution >= 0.6 is 0 Å². The first-order valence-corrected chi connectivity index (χ1v) is 7.83. The average Bonchev–Trinajstić information content (AvgIpc) is 2.90. The van der Waals surface area contributed by atoms with Crippen molar-refractivity contribution in [3.63, 3.8) is 0 Å². The Morgan fingerprint density at radius 2 is 1.78 bits per heavy atom. The minimum Gasteiger partial charge on any atom is -0.348 e. The lowest BCUT2D eigenvalue weighted by atomic mass is 10.2. The monoisotopic (exact) mass is 307 g/mol. The summed E-state index contributed by atoms with van der Waals surface area (Å²) in [5, 5.41) is 4.10. The molecule has 0 aliphatic rings. The van der Waals surface area contributed by atoms with Crippen molar-refractivity contribution in [2.24, 2.45) is 7.05 Å². The van der Waals surface area contributed by atoms with Gasteiger partial charge in [-0.05, 0) is 18.6 Å². The number of aromatic nitrogens is 1. The molecule has 0 unspecified atom stereocenters. The molecule has 1 aromatic heterocycles. The predicted molar refractivity (Wildman–Crippen MR) is 94.5 cm³/mol. The number of benzene rings is 2.